The average molecular weight is 328 g/mol. The van der Waals surface area contributed by atoms with E-state index in [0.29, 0.717) is 25.3 Å². The number of nitrogens with one attached hydrogen (secondary N) is 1. The van der Waals surface area contributed by atoms with E-state index in [4.69, 9.17) is 0 Å². The van der Waals surface area contributed by atoms with Gasteiger partial charge in [0.25, 0.3) is 0 Å². The van der Waals surface area contributed by atoms with Crippen molar-refractivity contribution >= 4 is 11.8 Å². The van der Waals surface area contributed by atoms with Gasteiger partial charge in [-0.1, -0.05) is 31.2 Å². The van der Waals surface area contributed by atoms with Crippen LogP contribution in [0.25, 0.3) is 0 Å². The number of benzene rings is 1. The van der Waals surface area contributed by atoms with Crippen molar-refractivity contribution < 1.29 is 9.59 Å². The first-order chi connectivity index (χ1) is 11.7. The summed E-state index contributed by atoms with van der Waals surface area (Å²) in [5, 5.41) is 3.04. The van der Waals surface area contributed by atoms with E-state index in [-0.39, 0.29) is 17.9 Å². The summed E-state index contributed by atoms with van der Waals surface area (Å²) >= 11 is 0. The van der Waals surface area contributed by atoms with E-state index in [1.54, 1.807) is 0 Å². The molecule has 1 aliphatic heterocycles. The van der Waals surface area contributed by atoms with Gasteiger partial charge in [-0.2, -0.15) is 0 Å². The number of rotatable bonds is 4. The Morgan fingerprint density at radius 2 is 2.04 bits per heavy atom. The molecular formula is C20H28N2O2. The Balaban J connectivity index is 1.60. The maximum absolute atomic E-state index is 12.8. The molecule has 3 rings (SSSR count). The molecule has 130 valence electrons. The molecule has 4 nitrogen and oxygen atoms in total. The molecule has 0 radical (unpaired) electrons. The van der Waals surface area contributed by atoms with Crippen LogP contribution in [0, 0.1) is 0 Å². The van der Waals surface area contributed by atoms with Gasteiger partial charge >= 0.3 is 0 Å². The lowest BCUT2D eigenvalue weighted by Crippen LogP contribution is -2.49. The van der Waals surface area contributed by atoms with Crippen molar-refractivity contribution in [1.29, 1.82) is 0 Å². The Morgan fingerprint density at radius 3 is 2.88 bits per heavy atom. The predicted octanol–water partition coefficient (Wildman–Crippen LogP) is 3.01. The number of piperidine rings is 1. The monoisotopic (exact) mass is 328 g/mol. The Labute approximate surface area is 144 Å². The number of carbonyl (C=O) groups is 2. The van der Waals surface area contributed by atoms with Crippen molar-refractivity contribution in [2.24, 2.45) is 0 Å². The zero-order chi connectivity index (χ0) is 16.9. The summed E-state index contributed by atoms with van der Waals surface area (Å²) in [6.07, 6.45) is 6.46. The topological polar surface area (TPSA) is 49.4 Å². The second-order valence-corrected chi connectivity index (χ2v) is 7.09. The SMILES string of the molecule is CCC(=O)N[C@@H]1CCCN(C(=O)C[C@H]2CCCc3ccccc32)C1. The molecule has 2 aliphatic rings. The summed E-state index contributed by atoms with van der Waals surface area (Å²) in [4.78, 5) is 26.3. The zero-order valence-electron chi connectivity index (χ0n) is 14.6. The summed E-state index contributed by atoms with van der Waals surface area (Å²) in [6, 6.07) is 8.68. The fourth-order valence-corrected chi connectivity index (χ4v) is 4.06. The quantitative estimate of drug-likeness (QED) is 0.923. The lowest BCUT2D eigenvalue weighted by molar-refractivity contribution is -0.134. The minimum atomic E-state index is 0.0792. The normalized spacial score (nSPS) is 23.5. The molecule has 2 amide bonds. The molecule has 1 saturated heterocycles. The predicted molar refractivity (Wildman–Crippen MR) is 94.8 cm³/mol. The van der Waals surface area contributed by atoms with E-state index in [1.807, 2.05) is 11.8 Å². The number of amides is 2. The fourth-order valence-electron chi connectivity index (χ4n) is 4.06. The van der Waals surface area contributed by atoms with Crippen LogP contribution < -0.4 is 5.32 Å². The zero-order valence-corrected chi connectivity index (χ0v) is 14.6. The second kappa shape index (κ2) is 7.82. The van der Waals surface area contributed by atoms with Crippen molar-refractivity contribution in [2.75, 3.05) is 13.1 Å². The highest BCUT2D eigenvalue weighted by atomic mass is 16.2. The van der Waals surface area contributed by atoms with E-state index < -0.39 is 0 Å². The molecule has 0 aromatic heterocycles. The fraction of sp³-hybridized carbons (Fsp3) is 0.600. The highest BCUT2D eigenvalue weighted by Gasteiger charge is 2.28. The molecule has 1 N–H and O–H groups in total. The van der Waals surface area contributed by atoms with Gasteiger partial charge in [0.15, 0.2) is 0 Å². The van der Waals surface area contributed by atoms with Crippen molar-refractivity contribution in [3.05, 3.63) is 35.4 Å². The molecule has 1 aromatic carbocycles. The van der Waals surface area contributed by atoms with Gasteiger partial charge in [-0.05, 0) is 49.1 Å². The molecule has 1 heterocycles. The molecule has 4 heteroatoms. The average Bonchev–Trinajstić information content (AvgIpc) is 2.62. The number of carbonyl (C=O) groups excluding carboxylic acids is 2. The van der Waals surface area contributed by atoms with E-state index >= 15 is 0 Å². The highest BCUT2D eigenvalue weighted by molar-refractivity contribution is 5.78. The molecule has 1 aliphatic carbocycles. The molecule has 0 unspecified atom stereocenters. The standard InChI is InChI=1S/C20H28N2O2/c1-2-19(23)21-17-10-6-12-22(14-17)20(24)13-16-9-5-8-15-7-3-4-11-18(15)16/h3-4,7,11,16-17H,2,5-6,8-10,12-14H2,1H3,(H,21,23)/t16-,17-/m1/s1. The van der Waals surface area contributed by atoms with Crippen molar-refractivity contribution in [3.8, 4) is 0 Å². The third-order valence-electron chi connectivity index (χ3n) is 5.37. The van der Waals surface area contributed by atoms with E-state index in [0.717, 1.165) is 32.2 Å². The summed E-state index contributed by atoms with van der Waals surface area (Å²) in [7, 11) is 0. The lowest BCUT2D eigenvalue weighted by Gasteiger charge is -2.35. The van der Waals surface area contributed by atoms with Crippen LogP contribution in [0.2, 0.25) is 0 Å². The van der Waals surface area contributed by atoms with Gasteiger partial charge in [0.05, 0.1) is 0 Å². The number of fused-ring (bicyclic) bond motifs is 1. The molecule has 24 heavy (non-hydrogen) atoms. The van der Waals surface area contributed by atoms with Gasteiger partial charge in [0.1, 0.15) is 0 Å². The first-order valence-corrected chi connectivity index (χ1v) is 9.32. The van der Waals surface area contributed by atoms with Gasteiger partial charge in [0, 0.05) is 32.0 Å². The number of hydrogen-bond donors (Lipinski definition) is 1. The highest BCUT2D eigenvalue weighted by Crippen LogP contribution is 2.34. The van der Waals surface area contributed by atoms with Crippen LogP contribution in [-0.4, -0.2) is 35.8 Å². The Kier molecular flexibility index (Phi) is 5.54. The molecule has 0 spiro atoms. The minimum absolute atomic E-state index is 0.0792. The van der Waals surface area contributed by atoms with Gasteiger partial charge in [-0.3, -0.25) is 9.59 Å². The van der Waals surface area contributed by atoms with Gasteiger partial charge < -0.3 is 10.2 Å². The van der Waals surface area contributed by atoms with Gasteiger partial charge in [-0.15, -0.1) is 0 Å². The maximum atomic E-state index is 12.8. The third kappa shape index (κ3) is 3.97. The maximum Gasteiger partial charge on any atom is 0.223 e. The summed E-state index contributed by atoms with van der Waals surface area (Å²) in [5.41, 5.74) is 2.78. The van der Waals surface area contributed by atoms with Crippen LogP contribution in [0.4, 0.5) is 0 Å². The number of hydrogen-bond acceptors (Lipinski definition) is 2. The van der Waals surface area contributed by atoms with Crippen LogP contribution >= 0.6 is 0 Å². The van der Waals surface area contributed by atoms with Crippen molar-refractivity contribution in [1.82, 2.24) is 10.2 Å². The van der Waals surface area contributed by atoms with Gasteiger partial charge in [-0.25, -0.2) is 0 Å². The molecule has 1 aromatic rings. The third-order valence-corrected chi connectivity index (χ3v) is 5.37. The summed E-state index contributed by atoms with van der Waals surface area (Å²) in [5.74, 6) is 0.677. The Morgan fingerprint density at radius 1 is 1.21 bits per heavy atom. The Bertz CT molecular complexity index is 599. The van der Waals surface area contributed by atoms with Crippen LogP contribution in [-0.2, 0) is 16.0 Å². The molecule has 1 fully saturated rings. The second-order valence-electron chi connectivity index (χ2n) is 7.09. The summed E-state index contributed by atoms with van der Waals surface area (Å²) < 4.78 is 0. The van der Waals surface area contributed by atoms with Crippen LogP contribution in [0.3, 0.4) is 0 Å². The molecular weight excluding hydrogens is 300 g/mol. The van der Waals surface area contributed by atoms with Gasteiger partial charge in [0.2, 0.25) is 11.8 Å². The first-order valence-electron chi connectivity index (χ1n) is 9.32. The largest absolute Gasteiger partial charge is 0.352 e. The number of likely N-dealkylation sites (tertiary alicyclic amines) is 1. The first kappa shape index (κ1) is 17.0. The molecule has 0 saturated carbocycles. The van der Waals surface area contributed by atoms with Crippen LogP contribution in [0.1, 0.15) is 62.5 Å². The van der Waals surface area contributed by atoms with E-state index in [1.165, 1.54) is 17.5 Å². The van der Waals surface area contributed by atoms with Crippen molar-refractivity contribution in [2.45, 2.75) is 63.8 Å². The lowest BCUT2D eigenvalue weighted by atomic mass is 9.81. The number of aryl methyl sites for hydroxylation is 1. The van der Waals surface area contributed by atoms with E-state index in [9.17, 15) is 9.59 Å². The number of nitrogens with zero attached hydrogens (tertiary/aromatic N) is 1. The summed E-state index contributed by atoms with van der Waals surface area (Å²) in [6.45, 7) is 3.35. The smallest absolute Gasteiger partial charge is 0.223 e. The van der Waals surface area contributed by atoms with Crippen molar-refractivity contribution in [3.63, 3.8) is 0 Å². The minimum Gasteiger partial charge on any atom is -0.352 e. The molecule has 2 atom stereocenters. The van der Waals surface area contributed by atoms with Crippen LogP contribution in [0.15, 0.2) is 24.3 Å². The molecule has 0 bridgehead atoms. The Hall–Kier alpha value is -1.84. The van der Waals surface area contributed by atoms with E-state index in [2.05, 4.69) is 29.6 Å². The van der Waals surface area contributed by atoms with Crippen LogP contribution in [0.5, 0.6) is 0 Å².